The summed E-state index contributed by atoms with van der Waals surface area (Å²) in [6, 6.07) is 17.2. The van der Waals surface area contributed by atoms with Crippen molar-refractivity contribution in [3.8, 4) is 0 Å². The quantitative estimate of drug-likeness (QED) is 0.168. The number of carbonyl (C=O) groups is 3. The van der Waals surface area contributed by atoms with Crippen molar-refractivity contribution in [2.75, 3.05) is 29.5 Å². The highest BCUT2D eigenvalue weighted by Crippen LogP contribution is 2.60. The summed E-state index contributed by atoms with van der Waals surface area (Å²) in [4.78, 5) is 60.0. The minimum atomic E-state index is -3.03. The zero-order chi connectivity index (χ0) is 37.1. The van der Waals surface area contributed by atoms with Gasteiger partial charge in [-0.3, -0.25) is 19.3 Å². The van der Waals surface area contributed by atoms with Gasteiger partial charge in [-0.25, -0.2) is 0 Å². The largest absolute Gasteiger partial charge is 0.432 e. The van der Waals surface area contributed by atoms with Gasteiger partial charge in [-0.1, -0.05) is 54.5 Å². The minimum Gasteiger partial charge on any atom is -0.432 e. The maximum atomic E-state index is 15.1. The fourth-order valence-electron chi connectivity index (χ4n) is 9.34. The van der Waals surface area contributed by atoms with Crippen molar-refractivity contribution in [2.24, 2.45) is 5.92 Å². The van der Waals surface area contributed by atoms with Gasteiger partial charge < -0.3 is 24.4 Å². The van der Waals surface area contributed by atoms with Gasteiger partial charge in [-0.15, -0.1) is 0 Å². The van der Waals surface area contributed by atoms with Gasteiger partial charge in [0.25, 0.3) is 11.8 Å². The van der Waals surface area contributed by atoms with E-state index in [0.29, 0.717) is 35.6 Å². The smallest absolute Gasteiger partial charge is 0.264 e. The number of amides is 3. The SMILES string of the molecule is CC(C)=CCC/C(C)=C/CN1C(=O)[C@@]2(O[C@@H](CC(=O)N3CCC[C@H]3CO)[C@H]([Si](C)(C)O)[C@H]2C)c2cc(N3C(=O)c4cccc5cccc3c45)ccc21. The first-order valence-corrected chi connectivity index (χ1v) is 21.7. The second kappa shape index (κ2) is 13.7. The zero-order valence-corrected chi connectivity index (χ0v) is 32.2. The Bertz CT molecular complexity index is 1990. The van der Waals surface area contributed by atoms with Crippen LogP contribution in [0.1, 0.15) is 75.7 Å². The van der Waals surface area contributed by atoms with E-state index in [-0.39, 0.29) is 36.8 Å². The molecule has 0 unspecified atom stereocenters. The predicted molar refractivity (Wildman–Crippen MR) is 207 cm³/mol. The summed E-state index contributed by atoms with van der Waals surface area (Å²) in [5.41, 5.74) is 3.96. The Balaban J connectivity index is 1.32. The Morgan fingerprint density at radius 1 is 1.04 bits per heavy atom. The number of hydrogen-bond acceptors (Lipinski definition) is 6. The Morgan fingerprint density at radius 2 is 1.79 bits per heavy atom. The fraction of sp³-hybridized carbons (Fsp3) is 0.452. The van der Waals surface area contributed by atoms with Gasteiger partial charge in [0.05, 0.1) is 42.1 Å². The highest BCUT2D eigenvalue weighted by atomic mass is 28.4. The van der Waals surface area contributed by atoms with Crippen LogP contribution in [0.2, 0.25) is 18.6 Å². The maximum Gasteiger partial charge on any atom is 0.264 e. The number of aliphatic hydroxyl groups is 1. The lowest BCUT2D eigenvalue weighted by Crippen LogP contribution is -2.46. The Morgan fingerprint density at radius 3 is 2.50 bits per heavy atom. The van der Waals surface area contributed by atoms with Gasteiger partial charge in [0, 0.05) is 41.2 Å². The summed E-state index contributed by atoms with van der Waals surface area (Å²) in [6.07, 6.45) is 6.98. The van der Waals surface area contributed by atoms with E-state index in [4.69, 9.17) is 4.74 Å². The molecule has 1 spiro atoms. The maximum absolute atomic E-state index is 15.1. The summed E-state index contributed by atoms with van der Waals surface area (Å²) in [5.74, 6) is -0.944. The van der Waals surface area contributed by atoms with Crippen LogP contribution in [0.15, 0.2) is 77.9 Å². The Kier molecular flexibility index (Phi) is 9.57. The third-order valence-corrected chi connectivity index (χ3v) is 14.3. The molecular weight excluding hydrogens is 671 g/mol. The molecule has 4 heterocycles. The molecule has 0 bridgehead atoms. The van der Waals surface area contributed by atoms with Crippen molar-refractivity contribution in [3.05, 3.63) is 89.0 Å². The molecule has 0 radical (unpaired) electrons. The van der Waals surface area contributed by atoms with Crippen LogP contribution in [-0.4, -0.2) is 72.7 Å². The molecule has 3 aromatic rings. The molecular formula is C42H51N3O6Si. The lowest BCUT2D eigenvalue weighted by molar-refractivity contribution is -0.149. The molecule has 3 aromatic carbocycles. The Hall–Kier alpha value is -4.09. The number of aliphatic hydroxyl groups excluding tert-OH is 1. The highest BCUT2D eigenvalue weighted by Gasteiger charge is 2.66. The average Bonchev–Trinajstić information content (AvgIpc) is 3.83. The summed E-state index contributed by atoms with van der Waals surface area (Å²) >= 11 is 0. The number of rotatable bonds is 10. The number of benzene rings is 3. The summed E-state index contributed by atoms with van der Waals surface area (Å²) < 4.78 is 7.03. The van der Waals surface area contributed by atoms with Gasteiger partial charge in [0.2, 0.25) is 5.91 Å². The third kappa shape index (κ3) is 5.93. The third-order valence-electron chi connectivity index (χ3n) is 11.8. The topological polar surface area (TPSA) is 111 Å². The summed E-state index contributed by atoms with van der Waals surface area (Å²) in [6.45, 7) is 12.8. The molecule has 0 aromatic heterocycles. The van der Waals surface area contributed by atoms with E-state index in [1.807, 2.05) is 74.6 Å². The van der Waals surface area contributed by atoms with E-state index < -0.39 is 31.5 Å². The molecule has 4 aliphatic heterocycles. The zero-order valence-electron chi connectivity index (χ0n) is 31.2. The van der Waals surface area contributed by atoms with E-state index in [1.54, 1.807) is 14.7 Å². The molecule has 3 amide bonds. The minimum absolute atomic E-state index is 0.0117. The van der Waals surface area contributed by atoms with Crippen LogP contribution < -0.4 is 9.80 Å². The molecule has 0 saturated carbocycles. The number of likely N-dealkylation sites (tertiary alicyclic amines) is 1. The number of allylic oxidation sites excluding steroid dienone is 3. The summed E-state index contributed by atoms with van der Waals surface area (Å²) in [7, 11) is -3.03. The van der Waals surface area contributed by atoms with Crippen LogP contribution in [0.5, 0.6) is 0 Å². The number of ether oxygens (including phenoxy) is 1. The second-order valence-corrected chi connectivity index (χ2v) is 19.9. The first-order chi connectivity index (χ1) is 24.8. The van der Waals surface area contributed by atoms with E-state index in [0.717, 1.165) is 42.1 Å². The molecule has 0 aliphatic carbocycles. The van der Waals surface area contributed by atoms with Crippen LogP contribution in [0.25, 0.3) is 10.8 Å². The number of nitrogens with zero attached hydrogens (tertiary/aromatic N) is 3. The fourth-order valence-corrected chi connectivity index (χ4v) is 11.9. The summed E-state index contributed by atoms with van der Waals surface area (Å²) in [5, 5.41) is 11.8. The number of hydrogen-bond donors (Lipinski definition) is 2. The lowest BCUT2D eigenvalue weighted by atomic mass is 9.82. The number of carbonyl (C=O) groups excluding carboxylic acids is 3. The van der Waals surface area contributed by atoms with Crippen molar-refractivity contribution in [3.63, 3.8) is 0 Å². The second-order valence-electron chi connectivity index (χ2n) is 15.9. The molecule has 52 heavy (non-hydrogen) atoms. The van der Waals surface area contributed by atoms with Gasteiger partial charge >= 0.3 is 0 Å². The van der Waals surface area contributed by atoms with Gasteiger partial charge in [-0.2, -0.15) is 0 Å². The highest BCUT2D eigenvalue weighted by molar-refractivity contribution is 6.71. The van der Waals surface area contributed by atoms with Gasteiger partial charge in [0.15, 0.2) is 13.9 Å². The van der Waals surface area contributed by atoms with Crippen LogP contribution >= 0.6 is 0 Å². The van der Waals surface area contributed by atoms with Crippen molar-refractivity contribution < 1.29 is 29.0 Å². The van der Waals surface area contributed by atoms with Crippen molar-refractivity contribution in [1.82, 2.24) is 4.90 Å². The lowest BCUT2D eigenvalue weighted by Gasteiger charge is -2.33. The standard InChI is InChI=1S/C42H51N3O6Si/c1-26(2)11-7-12-27(3)20-22-44-34-19-18-30(45-35-17-9-14-29-13-8-16-32(38(29)35)40(45)48)23-33(34)42(41(44)49)28(4)39(52(5,6)50)36(51-42)24-37(47)43-21-10-15-31(43)25-46/h8-9,11,13-14,16-20,23,28,31,36,39,46,50H,7,10,12,15,21-22,24-25H2,1-6H3/b27-20+/t28-,31+,36+,39-,42+/m1/s1. The van der Waals surface area contributed by atoms with E-state index in [2.05, 4.69) is 32.9 Å². The van der Waals surface area contributed by atoms with Crippen LogP contribution in [0, 0.1) is 5.92 Å². The van der Waals surface area contributed by atoms with Gasteiger partial charge in [-0.05, 0) is 95.3 Å². The first kappa shape index (κ1) is 36.3. The Labute approximate surface area is 307 Å². The monoisotopic (exact) mass is 721 g/mol. The predicted octanol–water partition coefficient (Wildman–Crippen LogP) is 7.34. The number of anilines is 3. The molecule has 9 nitrogen and oxygen atoms in total. The van der Waals surface area contributed by atoms with Gasteiger partial charge in [0.1, 0.15) is 0 Å². The van der Waals surface area contributed by atoms with E-state index in [9.17, 15) is 19.5 Å². The van der Waals surface area contributed by atoms with Crippen molar-refractivity contribution in [1.29, 1.82) is 0 Å². The van der Waals surface area contributed by atoms with Crippen LogP contribution in [0.4, 0.5) is 17.1 Å². The average molecular weight is 722 g/mol. The molecule has 2 fully saturated rings. The van der Waals surface area contributed by atoms with E-state index >= 15 is 4.79 Å². The molecule has 2 N–H and O–H groups in total. The normalized spacial score (nSPS) is 25.6. The molecule has 7 rings (SSSR count). The van der Waals surface area contributed by atoms with E-state index in [1.165, 1.54) is 11.1 Å². The molecule has 4 aliphatic rings. The molecule has 10 heteroatoms. The van der Waals surface area contributed by atoms with Crippen molar-refractivity contribution >= 4 is 53.9 Å². The molecule has 5 atom stereocenters. The molecule has 274 valence electrons. The van der Waals surface area contributed by atoms with Crippen LogP contribution in [-0.2, 0) is 19.9 Å². The van der Waals surface area contributed by atoms with Crippen LogP contribution in [0.3, 0.4) is 0 Å². The molecule has 2 saturated heterocycles. The van der Waals surface area contributed by atoms with Crippen molar-refractivity contribution in [2.45, 2.75) is 96.2 Å². The first-order valence-electron chi connectivity index (χ1n) is 18.7. The number of fused-ring (bicyclic) bond motifs is 2.